The molecule has 6 heteroatoms. The van der Waals surface area contributed by atoms with Crippen molar-refractivity contribution in [3.8, 4) is 0 Å². The lowest BCUT2D eigenvalue weighted by molar-refractivity contribution is -0.132. The van der Waals surface area contributed by atoms with E-state index in [4.69, 9.17) is 0 Å². The van der Waals surface area contributed by atoms with E-state index in [0.717, 1.165) is 19.3 Å². The minimum Gasteiger partial charge on any atom is -0.335 e. The van der Waals surface area contributed by atoms with E-state index >= 15 is 0 Å². The Labute approximate surface area is 137 Å². The highest BCUT2D eigenvalue weighted by atomic mass is 16.2. The van der Waals surface area contributed by atoms with Crippen molar-refractivity contribution >= 4 is 23.4 Å². The maximum Gasteiger partial charge on any atom is 0.230 e. The van der Waals surface area contributed by atoms with Crippen LogP contribution in [0.15, 0.2) is 0 Å². The topological polar surface area (TPSA) is 74.8 Å². The third-order valence-corrected chi connectivity index (χ3v) is 4.62. The molecule has 0 aromatic heterocycles. The third-order valence-electron chi connectivity index (χ3n) is 4.62. The second-order valence-corrected chi connectivity index (χ2v) is 7.65. The van der Waals surface area contributed by atoms with Crippen molar-refractivity contribution in [2.24, 2.45) is 5.41 Å². The Morgan fingerprint density at radius 1 is 0.913 bits per heavy atom. The fraction of sp³-hybridized carbons (Fsp3) is 0.765. The van der Waals surface area contributed by atoms with Crippen molar-refractivity contribution in [2.45, 2.75) is 58.9 Å². The first-order valence-electron chi connectivity index (χ1n) is 8.29. The van der Waals surface area contributed by atoms with Gasteiger partial charge in [-0.05, 0) is 24.7 Å². The summed E-state index contributed by atoms with van der Waals surface area (Å²) < 4.78 is 0. The molecule has 2 saturated heterocycles. The van der Waals surface area contributed by atoms with Crippen LogP contribution in [-0.4, -0.2) is 58.9 Å². The molecular formula is C17H26N2O4. The number of nitrogens with zero attached hydrogens (tertiary/aromatic N) is 2. The van der Waals surface area contributed by atoms with Crippen LogP contribution in [0.2, 0.25) is 0 Å². The van der Waals surface area contributed by atoms with Crippen LogP contribution in [-0.2, 0) is 19.2 Å². The summed E-state index contributed by atoms with van der Waals surface area (Å²) >= 11 is 0. The summed E-state index contributed by atoms with van der Waals surface area (Å²) in [6, 6.07) is 0.0253. The molecule has 1 unspecified atom stereocenters. The number of carbonyl (C=O) groups is 4. The van der Waals surface area contributed by atoms with Gasteiger partial charge in [-0.15, -0.1) is 0 Å². The first-order chi connectivity index (χ1) is 10.7. The molecule has 2 amide bonds. The lowest BCUT2D eigenvalue weighted by atomic mass is 9.82. The minimum atomic E-state index is -0.0975. The second-order valence-electron chi connectivity index (χ2n) is 7.65. The predicted molar refractivity (Wildman–Crippen MR) is 84.6 cm³/mol. The molecule has 2 aliphatic rings. The van der Waals surface area contributed by atoms with E-state index in [0.29, 0.717) is 6.54 Å². The SMILES string of the molecule is CC(C)(C)C(CCCCN1CC(=O)CC1=O)N1CC(=O)CC1=O. The van der Waals surface area contributed by atoms with Gasteiger partial charge in [0.05, 0.1) is 25.9 Å². The Kier molecular flexibility index (Phi) is 5.22. The van der Waals surface area contributed by atoms with Crippen LogP contribution in [0, 0.1) is 5.41 Å². The van der Waals surface area contributed by atoms with Crippen molar-refractivity contribution in [3.63, 3.8) is 0 Å². The normalized spacial score (nSPS) is 20.8. The van der Waals surface area contributed by atoms with E-state index in [1.807, 2.05) is 0 Å². The zero-order chi connectivity index (χ0) is 17.2. The summed E-state index contributed by atoms with van der Waals surface area (Å²) in [7, 11) is 0. The van der Waals surface area contributed by atoms with Gasteiger partial charge in [0, 0.05) is 12.6 Å². The number of amides is 2. The average molecular weight is 322 g/mol. The molecule has 0 spiro atoms. The van der Waals surface area contributed by atoms with Gasteiger partial charge in [0.25, 0.3) is 0 Å². The lowest BCUT2D eigenvalue weighted by Crippen LogP contribution is -2.45. The van der Waals surface area contributed by atoms with E-state index in [1.54, 1.807) is 9.80 Å². The van der Waals surface area contributed by atoms with E-state index in [2.05, 4.69) is 20.8 Å². The van der Waals surface area contributed by atoms with Crippen LogP contribution in [0.5, 0.6) is 0 Å². The Morgan fingerprint density at radius 3 is 2.00 bits per heavy atom. The maximum absolute atomic E-state index is 12.0. The number of rotatable bonds is 6. The number of carbonyl (C=O) groups excluding carboxylic acids is 4. The van der Waals surface area contributed by atoms with Crippen molar-refractivity contribution in [2.75, 3.05) is 19.6 Å². The number of hydrogen-bond donors (Lipinski definition) is 0. The Balaban J connectivity index is 1.85. The smallest absolute Gasteiger partial charge is 0.230 e. The highest BCUT2D eigenvalue weighted by molar-refractivity contribution is 6.05. The molecule has 0 aromatic rings. The van der Waals surface area contributed by atoms with Gasteiger partial charge in [0.15, 0.2) is 11.6 Å². The van der Waals surface area contributed by atoms with E-state index in [1.165, 1.54) is 0 Å². The number of Topliss-reactive ketones (excluding diaryl/α,β-unsaturated/α-hetero) is 2. The lowest BCUT2D eigenvalue weighted by Gasteiger charge is -2.38. The summed E-state index contributed by atoms with van der Waals surface area (Å²) in [4.78, 5) is 49.7. The fourth-order valence-corrected chi connectivity index (χ4v) is 3.43. The fourth-order valence-electron chi connectivity index (χ4n) is 3.43. The molecule has 6 nitrogen and oxygen atoms in total. The van der Waals surface area contributed by atoms with Crippen LogP contribution in [0.3, 0.4) is 0 Å². The second kappa shape index (κ2) is 6.81. The molecule has 0 bridgehead atoms. The van der Waals surface area contributed by atoms with Gasteiger partial charge in [0.2, 0.25) is 11.8 Å². The highest BCUT2D eigenvalue weighted by Gasteiger charge is 2.38. The van der Waals surface area contributed by atoms with Crippen LogP contribution < -0.4 is 0 Å². The average Bonchev–Trinajstić information content (AvgIpc) is 2.90. The van der Waals surface area contributed by atoms with Gasteiger partial charge in [0.1, 0.15) is 0 Å². The van der Waals surface area contributed by atoms with Crippen molar-refractivity contribution in [3.05, 3.63) is 0 Å². The Hall–Kier alpha value is -1.72. The quantitative estimate of drug-likeness (QED) is 0.543. The highest BCUT2D eigenvalue weighted by Crippen LogP contribution is 2.31. The molecule has 0 aromatic carbocycles. The Bertz CT molecular complexity index is 521. The van der Waals surface area contributed by atoms with Crippen LogP contribution >= 0.6 is 0 Å². The standard InChI is InChI=1S/C17H26N2O4/c1-17(2,3)14(19-11-13(21)9-16(19)23)6-4-5-7-18-10-12(20)8-15(18)22/h14H,4-11H2,1-3H3. The van der Waals surface area contributed by atoms with Gasteiger partial charge in [-0.25, -0.2) is 0 Å². The summed E-state index contributed by atoms with van der Waals surface area (Å²) in [6.45, 7) is 7.29. The van der Waals surface area contributed by atoms with Crippen molar-refractivity contribution < 1.29 is 19.2 Å². The predicted octanol–water partition coefficient (Wildman–Crippen LogP) is 1.17. The van der Waals surface area contributed by atoms with Gasteiger partial charge >= 0.3 is 0 Å². The van der Waals surface area contributed by atoms with Gasteiger partial charge in [-0.2, -0.15) is 0 Å². The van der Waals surface area contributed by atoms with Gasteiger partial charge < -0.3 is 9.80 Å². The molecule has 2 heterocycles. The number of unbranched alkanes of at least 4 members (excludes halogenated alkanes) is 1. The summed E-state index contributed by atoms with van der Waals surface area (Å²) in [6.07, 6.45) is 2.53. The molecular weight excluding hydrogens is 296 g/mol. The number of ketones is 2. The third kappa shape index (κ3) is 4.39. The zero-order valence-electron chi connectivity index (χ0n) is 14.3. The molecule has 2 aliphatic heterocycles. The zero-order valence-corrected chi connectivity index (χ0v) is 14.3. The van der Waals surface area contributed by atoms with Crippen LogP contribution in [0.25, 0.3) is 0 Å². The molecule has 2 fully saturated rings. The van der Waals surface area contributed by atoms with Gasteiger partial charge in [-0.3, -0.25) is 19.2 Å². The minimum absolute atomic E-state index is 0.00886. The molecule has 0 N–H and O–H groups in total. The summed E-state index contributed by atoms with van der Waals surface area (Å²) in [5.74, 6) is -0.174. The summed E-state index contributed by atoms with van der Waals surface area (Å²) in [5.41, 5.74) is -0.0975. The molecule has 0 saturated carbocycles. The molecule has 2 rings (SSSR count). The maximum atomic E-state index is 12.0. The summed E-state index contributed by atoms with van der Waals surface area (Å²) in [5, 5.41) is 0. The van der Waals surface area contributed by atoms with Gasteiger partial charge in [-0.1, -0.05) is 20.8 Å². The monoisotopic (exact) mass is 322 g/mol. The number of hydrogen-bond acceptors (Lipinski definition) is 4. The molecule has 0 radical (unpaired) electrons. The molecule has 0 aliphatic carbocycles. The van der Waals surface area contributed by atoms with E-state index in [9.17, 15) is 19.2 Å². The first kappa shape index (κ1) is 17.6. The van der Waals surface area contributed by atoms with Crippen molar-refractivity contribution in [1.82, 2.24) is 9.80 Å². The van der Waals surface area contributed by atoms with E-state index in [-0.39, 0.29) is 60.8 Å². The van der Waals surface area contributed by atoms with Crippen LogP contribution in [0.4, 0.5) is 0 Å². The largest absolute Gasteiger partial charge is 0.335 e. The Morgan fingerprint density at radius 2 is 1.52 bits per heavy atom. The molecule has 1 atom stereocenters. The van der Waals surface area contributed by atoms with Crippen molar-refractivity contribution in [1.29, 1.82) is 0 Å². The molecule has 128 valence electrons. The first-order valence-corrected chi connectivity index (χ1v) is 8.29. The van der Waals surface area contributed by atoms with Crippen LogP contribution in [0.1, 0.15) is 52.9 Å². The van der Waals surface area contributed by atoms with E-state index < -0.39 is 0 Å². The number of likely N-dealkylation sites (tertiary alicyclic amines) is 2. The molecule has 23 heavy (non-hydrogen) atoms.